The zero-order valence-corrected chi connectivity index (χ0v) is 10.8. The van der Waals surface area contributed by atoms with Gasteiger partial charge in [-0.1, -0.05) is 41.6 Å². The summed E-state index contributed by atoms with van der Waals surface area (Å²) in [6, 6.07) is 16.1. The van der Waals surface area contributed by atoms with Crippen LogP contribution in [0.15, 0.2) is 65.6 Å². The number of nitrogens with one attached hydrogen (secondary N) is 1. The molecule has 0 aliphatic heterocycles. The second kappa shape index (κ2) is 6.08. The van der Waals surface area contributed by atoms with Gasteiger partial charge in [0, 0.05) is 6.20 Å². The molecule has 0 aliphatic rings. The van der Waals surface area contributed by atoms with E-state index in [0.29, 0.717) is 12.4 Å². The average molecular weight is 266 g/mol. The summed E-state index contributed by atoms with van der Waals surface area (Å²) in [5.74, 6) is 0.627. The molecule has 5 nitrogen and oxygen atoms in total. The third-order valence-corrected chi connectivity index (χ3v) is 2.99. The molecular formula is C15H14N4O. The topological polar surface area (TPSA) is 63.8 Å². The molecule has 1 atom stereocenters. The lowest BCUT2D eigenvalue weighted by molar-refractivity contribution is 0.405. The molecule has 1 N–H and O–H groups in total. The Balaban J connectivity index is 1.84. The minimum Gasteiger partial charge on any atom is -0.343 e. The Labute approximate surface area is 116 Å². The summed E-state index contributed by atoms with van der Waals surface area (Å²) in [7, 11) is 0. The van der Waals surface area contributed by atoms with E-state index in [1.807, 2.05) is 36.4 Å². The SMILES string of the molecule is c1ccc(C(NCc2ncon2)c2ccccn2)cc1. The van der Waals surface area contributed by atoms with Crippen LogP contribution in [-0.2, 0) is 6.54 Å². The first-order valence-corrected chi connectivity index (χ1v) is 6.38. The van der Waals surface area contributed by atoms with Gasteiger partial charge in [-0.15, -0.1) is 0 Å². The van der Waals surface area contributed by atoms with Gasteiger partial charge in [-0.3, -0.25) is 10.3 Å². The van der Waals surface area contributed by atoms with Crippen LogP contribution in [0.5, 0.6) is 0 Å². The molecule has 1 unspecified atom stereocenters. The van der Waals surface area contributed by atoms with Crippen molar-refractivity contribution in [3.8, 4) is 0 Å². The van der Waals surface area contributed by atoms with Crippen molar-refractivity contribution >= 4 is 0 Å². The quantitative estimate of drug-likeness (QED) is 0.768. The summed E-state index contributed by atoms with van der Waals surface area (Å²) < 4.78 is 4.74. The Morgan fingerprint density at radius 2 is 1.85 bits per heavy atom. The molecule has 0 fully saturated rings. The van der Waals surface area contributed by atoms with Crippen LogP contribution < -0.4 is 5.32 Å². The van der Waals surface area contributed by atoms with E-state index in [1.54, 1.807) is 6.20 Å². The predicted molar refractivity (Wildman–Crippen MR) is 73.7 cm³/mol. The first-order chi connectivity index (χ1) is 9.93. The van der Waals surface area contributed by atoms with Gasteiger partial charge in [0.2, 0.25) is 6.39 Å². The molecule has 3 aromatic rings. The molecule has 0 aliphatic carbocycles. The molecule has 20 heavy (non-hydrogen) atoms. The highest BCUT2D eigenvalue weighted by atomic mass is 16.5. The van der Waals surface area contributed by atoms with Gasteiger partial charge in [0.1, 0.15) is 0 Å². The fourth-order valence-electron chi connectivity index (χ4n) is 2.05. The van der Waals surface area contributed by atoms with Crippen LogP contribution in [0, 0.1) is 0 Å². The van der Waals surface area contributed by atoms with Gasteiger partial charge in [-0.25, -0.2) is 0 Å². The smallest absolute Gasteiger partial charge is 0.213 e. The Hall–Kier alpha value is -2.53. The molecule has 0 radical (unpaired) electrons. The van der Waals surface area contributed by atoms with Gasteiger partial charge in [-0.05, 0) is 17.7 Å². The molecule has 1 aromatic carbocycles. The lowest BCUT2D eigenvalue weighted by Crippen LogP contribution is -2.23. The van der Waals surface area contributed by atoms with Gasteiger partial charge in [0.05, 0.1) is 18.3 Å². The van der Waals surface area contributed by atoms with Crippen LogP contribution in [0.1, 0.15) is 23.1 Å². The number of hydrogen-bond acceptors (Lipinski definition) is 5. The highest BCUT2D eigenvalue weighted by molar-refractivity contribution is 5.27. The van der Waals surface area contributed by atoms with Crippen LogP contribution >= 0.6 is 0 Å². The van der Waals surface area contributed by atoms with Gasteiger partial charge in [-0.2, -0.15) is 4.98 Å². The molecule has 2 heterocycles. The van der Waals surface area contributed by atoms with Crippen LogP contribution in [-0.4, -0.2) is 15.1 Å². The molecule has 3 rings (SSSR count). The maximum absolute atomic E-state index is 4.74. The van der Waals surface area contributed by atoms with Gasteiger partial charge in [0.15, 0.2) is 5.82 Å². The molecule has 0 amide bonds. The first kappa shape index (κ1) is 12.5. The summed E-state index contributed by atoms with van der Waals surface area (Å²) in [4.78, 5) is 8.44. The van der Waals surface area contributed by atoms with Crippen molar-refractivity contribution in [2.24, 2.45) is 0 Å². The number of aromatic nitrogens is 3. The lowest BCUT2D eigenvalue weighted by Gasteiger charge is -2.17. The molecule has 0 bridgehead atoms. The maximum Gasteiger partial charge on any atom is 0.213 e. The van der Waals surface area contributed by atoms with E-state index in [4.69, 9.17) is 4.52 Å². The lowest BCUT2D eigenvalue weighted by atomic mass is 10.0. The van der Waals surface area contributed by atoms with Crippen molar-refractivity contribution in [3.05, 3.63) is 78.2 Å². The second-order valence-corrected chi connectivity index (χ2v) is 4.33. The maximum atomic E-state index is 4.74. The molecule has 5 heteroatoms. The largest absolute Gasteiger partial charge is 0.343 e. The highest BCUT2D eigenvalue weighted by Gasteiger charge is 2.15. The van der Waals surface area contributed by atoms with Crippen LogP contribution in [0.3, 0.4) is 0 Å². The van der Waals surface area contributed by atoms with Crippen molar-refractivity contribution in [3.63, 3.8) is 0 Å². The Morgan fingerprint density at radius 1 is 1.00 bits per heavy atom. The average Bonchev–Trinajstić information content (AvgIpc) is 3.03. The van der Waals surface area contributed by atoms with Crippen molar-refractivity contribution in [1.29, 1.82) is 0 Å². The summed E-state index contributed by atoms with van der Waals surface area (Å²) in [5, 5.41) is 7.21. The number of nitrogens with zero attached hydrogens (tertiary/aromatic N) is 3. The molecule has 0 saturated heterocycles. The highest BCUT2D eigenvalue weighted by Crippen LogP contribution is 2.20. The van der Waals surface area contributed by atoms with E-state index >= 15 is 0 Å². The van der Waals surface area contributed by atoms with E-state index in [1.165, 1.54) is 6.39 Å². The minimum atomic E-state index is -0.00380. The van der Waals surface area contributed by atoms with Crippen molar-refractivity contribution < 1.29 is 4.52 Å². The molecule has 2 aromatic heterocycles. The molecule has 0 spiro atoms. The fourth-order valence-corrected chi connectivity index (χ4v) is 2.05. The minimum absolute atomic E-state index is 0.00380. The number of rotatable bonds is 5. The van der Waals surface area contributed by atoms with Crippen LogP contribution in [0.4, 0.5) is 0 Å². The van der Waals surface area contributed by atoms with Crippen LogP contribution in [0.25, 0.3) is 0 Å². The Kier molecular flexibility index (Phi) is 3.80. The molecule has 100 valence electrons. The van der Waals surface area contributed by atoms with Crippen molar-refractivity contribution in [1.82, 2.24) is 20.4 Å². The normalized spacial score (nSPS) is 12.2. The third kappa shape index (κ3) is 2.89. The Bertz CT molecular complexity index is 586. The van der Waals surface area contributed by atoms with E-state index < -0.39 is 0 Å². The summed E-state index contributed by atoms with van der Waals surface area (Å²) in [5.41, 5.74) is 2.11. The van der Waals surface area contributed by atoms with Crippen LogP contribution in [0.2, 0.25) is 0 Å². The van der Waals surface area contributed by atoms with Crippen molar-refractivity contribution in [2.45, 2.75) is 12.6 Å². The Morgan fingerprint density at radius 3 is 2.55 bits per heavy atom. The summed E-state index contributed by atoms with van der Waals surface area (Å²) in [6.07, 6.45) is 3.12. The first-order valence-electron chi connectivity index (χ1n) is 6.38. The number of pyridine rings is 1. The number of hydrogen-bond donors (Lipinski definition) is 1. The zero-order valence-electron chi connectivity index (χ0n) is 10.8. The van der Waals surface area contributed by atoms with Gasteiger partial charge < -0.3 is 4.52 Å². The summed E-state index contributed by atoms with van der Waals surface area (Å²) >= 11 is 0. The van der Waals surface area contributed by atoms with E-state index in [0.717, 1.165) is 11.3 Å². The van der Waals surface area contributed by atoms with E-state index in [-0.39, 0.29) is 6.04 Å². The third-order valence-electron chi connectivity index (χ3n) is 2.99. The standard InChI is InChI=1S/C15H14N4O/c1-2-6-12(7-3-1)15(13-8-4-5-9-16-13)17-10-14-18-11-20-19-14/h1-9,11,15,17H,10H2. The van der Waals surface area contributed by atoms with Crippen molar-refractivity contribution in [2.75, 3.05) is 0 Å². The van der Waals surface area contributed by atoms with E-state index in [9.17, 15) is 0 Å². The monoisotopic (exact) mass is 266 g/mol. The summed E-state index contributed by atoms with van der Waals surface area (Å²) in [6.45, 7) is 0.520. The molecular weight excluding hydrogens is 252 g/mol. The van der Waals surface area contributed by atoms with E-state index in [2.05, 4.69) is 32.6 Å². The molecule has 0 saturated carbocycles. The second-order valence-electron chi connectivity index (χ2n) is 4.33. The number of benzene rings is 1. The fraction of sp³-hybridized carbons (Fsp3) is 0.133. The predicted octanol–water partition coefficient (Wildman–Crippen LogP) is 2.34. The van der Waals surface area contributed by atoms with Gasteiger partial charge in [0.25, 0.3) is 0 Å². The zero-order chi connectivity index (χ0) is 13.6. The van der Waals surface area contributed by atoms with Gasteiger partial charge >= 0.3 is 0 Å².